The van der Waals surface area contributed by atoms with Gasteiger partial charge in [-0.3, -0.25) is 14.9 Å². The van der Waals surface area contributed by atoms with Gasteiger partial charge < -0.3 is 10.2 Å². The largest absolute Gasteiger partial charge is 0.340 e. The third kappa shape index (κ3) is 3.75. The fraction of sp³-hybridized carbons (Fsp3) is 0.462. The zero-order chi connectivity index (χ0) is 14.6. The molecule has 0 atom stereocenters. The summed E-state index contributed by atoms with van der Waals surface area (Å²) in [6.45, 7) is 3.92. The summed E-state index contributed by atoms with van der Waals surface area (Å²) >= 11 is 0. The normalized spacial score (nSPS) is 11.2. The Morgan fingerprint density at radius 1 is 1.47 bits per heavy atom. The smallest absolute Gasteiger partial charge is 0.269 e. The van der Waals surface area contributed by atoms with E-state index in [9.17, 15) is 14.9 Å². The van der Waals surface area contributed by atoms with Crippen LogP contribution in [0.4, 0.5) is 5.69 Å². The first-order chi connectivity index (χ1) is 8.77. The predicted octanol–water partition coefficient (Wildman–Crippen LogP) is 1.55. The number of nitro groups is 1. The Labute approximate surface area is 112 Å². The number of benzene rings is 1. The van der Waals surface area contributed by atoms with Gasteiger partial charge in [-0.1, -0.05) is 12.1 Å². The SMILES string of the molecule is CNC(C)(C)C(=O)N(C)Cc1cccc([N+](=O)[O-])c1. The molecule has 0 unspecified atom stereocenters. The van der Waals surface area contributed by atoms with E-state index in [2.05, 4.69) is 5.32 Å². The van der Waals surface area contributed by atoms with Crippen LogP contribution in [0.3, 0.4) is 0 Å². The van der Waals surface area contributed by atoms with E-state index in [-0.39, 0.29) is 11.6 Å². The van der Waals surface area contributed by atoms with Crippen LogP contribution in [0.2, 0.25) is 0 Å². The summed E-state index contributed by atoms with van der Waals surface area (Å²) in [5.74, 6) is -0.0680. The van der Waals surface area contributed by atoms with Crippen LogP contribution in [-0.2, 0) is 11.3 Å². The number of nitro benzene ring substituents is 1. The van der Waals surface area contributed by atoms with Gasteiger partial charge in [-0.25, -0.2) is 0 Å². The first-order valence-electron chi connectivity index (χ1n) is 5.95. The second-order valence-corrected chi connectivity index (χ2v) is 4.96. The molecule has 19 heavy (non-hydrogen) atoms. The van der Waals surface area contributed by atoms with Crippen molar-refractivity contribution in [1.29, 1.82) is 0 Å². The Hall–Kier alpha value is -1.95. The van der Waals surface area contributed by atoms with Crippen LogP contribution in [0, 0.1) is 10.1 Å². The summed E-state index contributed by atoms with van der Waals surface area (Å²) in [6, 6.07) is 6.30. The summed E-state index contributed by atoms with van der Waals surface area (Å²) in [6.07, 6.45) is 0. The molecule has 1 N–H and O–H groups in total. The lowest BCUT2D eigenvalue weighted by atomic mass is 10.0. The van der Waals surface area contributed by atoms with E-state index < -0.39 is 10.5 Å². The highest BCUT2D eigenvalue weighted by Gasteiger charge is 2.28. The van der Waals surface area contributed by atoms with E-state index in [4.69, 9.17) is 0 Å². The molecule has 1 rings (SSSR count). The third-order valence-corrected chi connectivity index (χ3v) is 3.05. The molecule has 1 amide bonds. The van der Waals surface area contributed by atoms with Crippen LogP contribution in [0.25, 0.3) is 0 Å². The number of hydrogen-bond donors (Lipinski definition) is 1. The highest BCUT2D eigenvalue weighted by molar-refractivity contribution is 5.85. The lowest BCUT2D eigenvalue weighted by Crippen LogP contribution is -2.51. The summed E-state index contributed by atoms with van der Waals surface area (Å²) in [5, 5.41) is 13.6. The van der Waals surface area contributed by atoms with Gasteiger partial charge in [0.1, 0.15) is 0 Å². The van der Waals surface area contributed by atoms with Gasteiger partial charge in [0.25, 0.3) is 5.69 Å². The van der Waals surface area contributed by atoms with E-state index in [0.29, 0.717) is 6.54 Å². The Morgan fingerprint density at radius 2 is 2.11 bits per heavy atom. The van der Waals surface area contributed by atoms with Gasteiger partial charge in [-0.05, 0) is 26.5 Å². The molecular weight excluding hydrogens is 246 g/mol. The number of rotatable bonds is 5. The van der Waals surface area contributed by atoms with E-state index >= 15 is 0 Å². The average molecular weight is 265 g/mol. The van der Waals surface area contributed by atoms with Crippen LogP contribution in [-0.4, -0.2) is 35.4 Å². The predicted molar refractivity (Wildman–Crippen MR) is 72.7 cm³/mol. The number of nitrogens with zero attached hydrogens (tertiary/aromatic N) is 2. The third-order valence-electron chi connectivity index (χ3n) is 3.05. The monoisotopic (exact) mass is 265 g/mol. The van der Waals surface area contributed by atoms with Gasteiger partial charge in [-0.2, -0.15) is 0 Å². The number of non-ortho nitro benzene ring substituents is 1. The quantitative estimate of drug-likeness (QED) is 0.647. The molecule has 104 valence electrons. The lowest BCUT2D eigenvalue weighted by molar-refractivity contribution is -0.384. The molecule has 0 spiro atoms. The van der Waals surface area contributed by atoms with Gasteiger partial charge in [0.2, 0.25) is 5.91 Å². The topological polar surface area (TPSA) is 75.5 Å². The highest BCUT2D eigenvalue weighted by atomic mass is 16.6. The van der Waals surface area contributed by atoms with Crippen molar-refractivity contribution >= 4 is 11.6 Å². The molecule has 1 aromatic rings. The summed E-state index contributed by atoms with van der Waals surface area (Å²) in [7, 11) is 3.40. The summed E-state index contributed by atoms with van der Waals surface area (Å²) in [5.41, 5.74) is 0.110. The minimum Gasteiger partial charge on any atom is -0.340 e. The summed E-state index contributed by atoms with van der Waals surface area (Å²) in [4.78, 5) is 24.0. The maximum Gasteiger partial charge on any atom is 0.269 e. The maximum absolute atomic E-state index is 12.1. The molecule has 0 heterocycles. The summed E-state index contributed by atoms with van der Waals surface area (Å²) < 4.78 is 0. The zero-order valence-electron chi connectivity index (χ0n) is 11.6. The number of amides is 1. The van der Waals surface area contributed by atoms with E-state index in [1.165, 1.54) is 12.1 Å². The van der Waals surface area contributed by atoms with E-state index in [0.717, 1.165) is 5.56 Å². The molecule has 0 aliphatic rings. The van der Waals surface area contributed by atoms with Crippen LogP contribution in [0.15, 0.2) is 24.3 Å². The minimum absolute atomic E-state index is 0.0335. The maximum atomic E-state index is 12.1. The second-order valence-electron chi connectivity index (χ2n) is 4.96. The average Bonchev–Trinajstić information content (AvgIpc) is 2.38. The van der Waals surface area contributed by atoms with Crippen LogP contribution in [0.5, 0.6) is 0 Å². The first kappa shape index (κ1) is 15.1. The minimum atomic E-state index is -0.657. The molecule has 0 saturated carbocycles. The molecule has 0 aliphatic carbocycles. The van der Waals surface area contributed by atoms with E-state index in [1.54, 1.807) is 45.0 Å². The molecule has 6 heteroatoms. The number of carbonyl (C=O) groups is 1. The molecule has 0 aliphatic heterocycles. The highest BCUT2D eigenvalue weighted by Crippen LogP contribution is 2.15. The Bertz CT molecular complexity index is 486. The van der Waals surface area contributed by atoms with Crippen molar-refractivity contribution in [3.05, 3.63) is 39.9 Å². The fourth-order valence-electron chi connectivity index (χ4n) is 1.70. The molecular formula is C13H19N3O3. The van der Waals surface area contributed by atoms with Crippen molar-refractivity contribution in [3.63, 3.8) is 0 Å². The number of nitrogens with one attached hydrogen (secondary N) is 1. The number of hydrogen-bond acceptors (Lipinski definition) is 4. The molecule has 0 radical (unpaired) electrons. The van der Waals surface area contributed by atoms with Crippen LogP contribution < -0.4 is 5.32 Å². The van der Waals surface area contributed by atoms with Gasteiger partial charge in [0.15, 0.2) is 0 Å². The zero-order valence-corrected chi connectivity index (χ0v) is 11.6. The van der Waals surface area contributed by atoms with Crippen LogP contribution >= 0.6 is 0 Å². The fourth-order valence-corrected chi connectivity index (χ4v) is 1.70. The van der Waals surface area contributed by atoms with Gasteiger partial charge >= 0.3 is 0 Å². The van der Waals surface area contributed by atoms with Crippen molar-refractivity contribution in [2.75, 3.05) is 14.1 Å². The number of likely N-dealkylation sites (N-methyl/N-ethyl adjacent to an activating group) is 2. The molecule has 6 nitrogen and oxygen atoms in total. The Balaban J connectivity index is 2.82. The molecule has 0 saturated heterocycles. The van der Waals surface area contributed by atoms with Crippen molar-refractivity contribution in [2.24, 2.45) is 0 Å². The Morgan fingerprint density at radius 3 is 2.63 bits per heavy atom. The lowest BCUT2D eigenvalue weighted by Gasteiger charge is -2.29. The van der Waals surface area contributed by atoms with Crippen molar-refractivity contribution in [3.8, 4) is 0 Å². The first-order valence-corrected chi connectivity index (χ1v) is 5.95. The molecule has 1 aromatic carbocycles. The van der Waals surface area contributed by atoms with Gasteiger partial charge in [0.05, 0.1) is 10.5 Å². The van der Waals surface area contributed by atoms with Gasteiger partial charge in [0, 0.05) is 25.7 Å². The van der Waals surface area contributed by atoms with Gasteiger partial charge in [-0.15, -0.1) is 0 Å². The second kappa shape index (κ2) is 5.79. The number of carbonyl (C=O) groups excluding carboxylic acids is 1. The molecule has 0 bridgehead atoms. The molecule has 0 aromatic heterocycles. The molecule has 0 fully saturated rings. The van der Waals surface area contributed by atoms with Crippen molar-refractivity contribution < 1.29 is 9.72 Å². The van der Waals surface area contributed by atoms with Crippen molar-refractivity contribution in [1.82, 2.24) is 10.2 Å². The standard InChI is InChI=1S/C13H19N3O3/c1-13(2,14-3)12(17)15(4)9-10-6-5-7-11(8-10)16(18)19/h5-8,14H,9H2,1-4H3. The van der Waals surface area contributed by atoms with Crippen LogP contribution in [0.1, 0.15) is 19.4 Å². The van der Waals surface area contributed by atoms with Crippen molar-refractivity contribution in [2.45, 2.75) is 25.9 Å². The Kier molecular flexibility index (Phi) is 4.61. The van der Waals surface area contributed by atoms with E-state index in [1.807, 2.05) is 0 Å².